The Labute approximate surface area is 238 Å². The lowest BCUT2D eigenvalue weighted by atomic mass is 10.1. The van der Waals surface area contributed by atoms with Crippen LogP contribution in [0.2, 0.25) is 0 Å². The predicted molar refractivity (Wildman–Crippen MR) is 143 cm³/mol. The van der Waals surface area contributed by atoms with Gasteiger partial charge in [0.1, 0.15) is 30.0 Å². The van der Waals surface area contributed by atoms with Gasteiger partial charge in [-0.1, -0.05) is 6.07 Å². The van der Waals surface area contributed by atoms with Crippen LogP contribution >= 0.6 is 0 Å². The molecule has 2 aromatic carbocycles. The number of amides is 1. The Morgan fingerprint density at radius 2 is 1.93 bits per heavy atom. The van der Waals surface area contributed by atoms with Gasteiger partial charge in [0.2, 0.25) is 5.95 Å². The molecule has 216 valence electrons. The molecule has 1 aliphatic heterocycles. The Morgan fingerprint density at radius 3 is 2.60 bits per heavy atom. The number of ether oxygens (including phenoxy) is 3. The van der Waals surface area contributed by atoms with Gasteiger partial charge >= 0.3 is 6.61 Å². The monoisotopic (exact) mass is 577 g/mol. The zero-order chi connectivity index (χ0) is 29.6. The van der Waals surface area contributed by atoms with Crippen molar-refractivity contribution in [1.29, 1.82) is 5.26 Å². The highest BCUT2D eigenvalue weighted by atomic mass is 19.3. The molecule has 15 heteroatoms. The molecule has 0 bridgehead atoms. The average Bonchev–Trinajstić information content (AvgIpc) is 3.47. The first-order valence-corrected chi connectivity index (χ1v) is 12.7. The first-order valence-electron chi connectivity index (χ1n) is 12.7. The normalized spacial score (nSPS) is 13.8. The van der Waals surface area contributed by atoms with E-state index in [1.165, 1.54) is 23.0 Å². The van der Waals surface area contributed by atoms with Crippen LogP contribution in [0.1, 0.15) is 22.8 Å². The van der Waals surface area contributed by atoms with Crippen molar-refractivity contribution < 1.29 is 27.8 Å². The van der Waals surface area contributed by atoms with E-state index in [9.17, 15) is 18.8 Å². The highest BCUT2D eigenvalue weighted by Gasteiger charge is 2.34. The molecule has 1 amide bonds. The Morgan fingerprint density at radius 1 is 1.14 bits per heavy atom. The number of rotatable bonds is 11. The quantitative estimate of drug-likeness (QED) is 0.279. The van der Waals surface area contributed by atoms with E-state index in [-0.39, 0.29) is 31.0 Å². The Bertz CT molecular complexity index is 1570. The second kappa shape index (κ2) is 12.5. The number of hydrogen-bond acceptors (Lipinski definition) is 11. The summed E-state index contributed by atoms with van der Waals surface area (Å²) in [6.45, 7) is -0.425. The number of benzene rings is 2. The number of nitriles is 1. The maximum absolute atomic E-state index is 12.7. The molecule has 0 saturated carbocycles. The van der Waals surface area contributed by atoms with Gasteiger partial charge in [-0.3, -0.25) is 4.79 Å². The van der Waals surface area contributed by atoms with Crippen LogP contribution in [0, 0.1) is 11.3 Å². The van der Waals surface area contributed by atoms with Crippen LogP contribution in [0.3, 0.4) is 0 Å². The summed E-state index contributed by atoms with van der Waals surface area (Å²) in [5.74, 6) is 0.753. The number of carbonyl (C=O) groups is 1. The molecule has 2 aromatic heterocycles. The van der Waals surface area contributed by atoms with Gasteiger partial charge in [0.05, 0.1) is 31.0 Å². The van der Waals surface area contributed by atoms with E-state index in [2.05, 4.69) is 41.6 Å². The van der Waals surface area contributed by atoms with Gasteiger partial charge in [0, 0.05) is 36.6 Å². The number of likely N-dealkylation sites (tertiary alicyclic amines) is 1. The number of nitrogens with one attached hydrogen (secondary N) is 1. The van der Waals surface area contributed by atoms with Gasteiger partial charge in [-0.05, 0) is 53.2 Å². The van der Waals surface area contributed by atoms with Crippen molar-refractivity contribution in [3.63, 3.8) is 0 Å². The van der Waals surface area contributed by atoms with Gasteiger partial charge in [-0.15, -0.1) is 5.10 Å². The lowest BCUT2D eigenvalue weighted by molar-refractivity contribution is -0.189. The molecule has 1 unspecified atom stereocenters. The fourth-order valence-corrected chi connectivity index (χ4v) is 4.28. The average molecular weight is 578 g/mol. The Balaban J connectivity index is 1.25. The van der Waals surface area contributed by atoms with Crippen LogP contribution in [0.25, 0.3) is 11.1 Å². The number of carbonyl (C=O) groups excluding carboxylic acids is 1. The van der Waals surface area contributed by atoms with Crippen molar-refractivity contribution in [2.75, 3.05) is 25.5 Å². The minimum Gasteiger partial charge on any atom is -0.495 e. The van der Waals surface area contributed by atoms with Crippen molar-refractivity contribution in [2.45, 2.75) is 32.3 Å². The number of aromatic nitrogens is 6. The number of nitrogens with zero attached hydrogens (tertiary/aromatic N) is 8. The van der Waals surface area contributed by atoms with Crippen LogP contribution in [0.5, 0.6) is 11.5 Å². The number of anilines is 2. The van der Waals surface area contributed by atoms with Crippen molar-refractivity contribution in [3.05, 3.63) is 66.2 Å². The molecule has 1 fully saturated rings. The molecule has 3 heterocycles. The largest absolute Gasteiger partial charge is 0.495 e. The number of alkyl halides is 2. The smallest absolute Gasteiger partial charge is 0.345 e. The summed E-state index contributed by atoms with van der Waals surface area (Å²) in [7, 11) is 1.46. The van der Waals surface area contributed by atoms with E-state index in [1.54, 1.807) is 48.8 Å². The van der Waals surface area contributed by atoms with Crippen molar-refractivity contribution in [2.24, 2.45) is 0 Å². The third-order valence-corrected chi connectivity index (χ3v) is 6.38. The maximum atomic E-state index is 12.7. The van der Waals surface area contributed by atoms with Gasteiger partial charge in [0.25, 0.3) is 5.91 Å². The van der Waals surface area contributed by atoms with Crippen LogP contribution in [0.4, 0.5) is 20.4 Å². The molecule has 1 N–H and O–H groups in total. The summed E-state index contributed by atoms with van der Waals surface area (Å²) in [6.07, 6.45) is 3.75. The minimum atomic E-state index is -2.87. The first-order chi connectivity index (χ1) is 20.3. The third kappa shape index (κ3) is 6.56. The summed E-state index contributed by atoms with van der Waals surface area (Å²) in [5.41, 5.74) is 2.69. The number of tetrazole rings is 1. The number of halogens is 2. The Kier molecular flexibility index (Phi) is 8.44. The first kappa shape index (κ1) is 28.3. The lowest BCUT2D eigenvalue weighted by Crippen LogP contribution is -2.55. The van der Waals surface area contributed by atoms with Crippen molar-refractivity contribution in [3.8, 4) is 28.7 Å². The third-order valence-electron chi connectivity index (χ3n) is 6.38. The van der Waals surface area contributed by atoms with Gasteiger partial charge in [-0.2, -0.15) is 14.0 Å². The second-order valence-electron chi connectivity index (χ2n) is 9.35. The molecule has 13 nitrogen and oxygen atoms in total. The van der Waals surface area contributed by atoms with Crippen LogP contribution in [-0.2, 0) is 11.3 Å². The second-order valence-corrected chi connectivity index (χ2v) is 9.35. The van der Waals surface area contributed by atoms with Gasteiger partial charge < -0.3 is 24.4 Å². The van der Waals surface area contributed by atoms with Crippen LogP contribution < -0.4 is 14.8 Å². The summed E-state index contributed by atoms with van der Waals surface area (Å²) >= 11 is 0. The van der Waals surface area contributed by atoms with E-state index < -0.39 is 12.7 Å². The zero-order valence-electron chi connectivity index (χ0n) is 22.5. The van der Waals surface area contributed by atoms with E-state index in [0.717, 1.165) is 5.56 Å². The summed E-state index contributed by atoms with van der Waals surface area (Å²) in [5, 5.41) is 23.6. The van der Waals surface area contributed by atoms with E-state index in [4.69, 9.17) is 9.47 Å². The van der Waals surface area contributed by atoms with E-state index in [0.29, 0.717) is 40.4 Å². The molecular weight excluding hydrogens is 552 g/mol. The predicted octanol–water partition coefficient (Wildman–Crippen LogP) is 3.29. The molecule has 5 rings (SSSR count). The molecule has 1 saturated heterocycles. The SMILES string of the molecule is COc1cc(C(=O)N2CC(OC(F)F)C2)ccc1Nc1ncc(-c2ccc(C#N)c(OC(C)Cn3cnnn3)c2)cn1. The highest BCUT2D eigenvalue weighted by Crippen LogP contribution is 2.31. The molecular formula is C27H25F2N9O4. The molecule has 1 aliphatic rings. The fourth-order valence-electron chi connectivity index (χ4n) is 4.28. The number of methoxy groups -OCH3 is 1. The van der Waals surface area contributed by atoms with Gasteiger partial charge in [0.15, 0.2) is 0 Å². The van der Waals surface area contributed by atoms with Crippen LogP contribution in [0.15, 0.2) is 55.1 Å². The van der Waals surface area contributed by atoms with Crippen molar-refractivity contribution in [1.82, 2.24) is 35.1 Å². The summed E-state index contributed by atoms with van der Waals surface area (Å²) < 4.78 is 42.1. The molecule has 1 atom stereocenters. The fraction of sp³-hybridized carbons (Fsp3) is 0.296. The van der Waals surface area contributed by atoms with Crippen molar-refractivity contribution >= 4 is 17.5 Å². The van der Waals surface area contributed by atoms with E-state index in [1.807, 2.05) is 6.92 Å². The topological polar surface area (TPSA) is 153 Å². The highest BCUT2D eigenvalue weighted by molar-refractivity contribution is 5.96. The van der Waals surface area contributed by atoms with Gasteiger partial charge in [-0.25, -0.2) is 14.6 Å². The maximum Gasteiger partial charge on any atom is 0.345 e. The molecule has 0 radical (unpaired) electrons. The molecule has 42 heavy (non-hydrogen) atoms. The molecule has 0 spiro atoms. The van der Waals surface area contributed by atoms with E-state index >= 15 is 0 Å². The molecule has 0 aliphatic carbocycles. The minimum absolute atomic E-state index is 0.0955. The van der Waals surface area contributed by atoms with Crippen LogP contribution in [-0.4, -0.2) is 80.0 Å². The standard InChI is InChI=1S/C27H25F2N9O4/c1-16(12-38-15-33-35-36-38)41-23-7-17(3-4-19(23)9-30)20-10-31-27(32-11-20)34-22-6-5-18(8-24(22)40-2)25(39)37-13-21(14-37)42-26(28)29/h3-8,10-11,15-16,21,26H,12-14H2,1-2H3,(H,31,32,34). The number of hydrogen-bond donors (Lipinski definition) is 1. The molecule has 4 aromatic rings. The Hall–Kier alpha value is -5.23. The summed E-state index contributed by atoms with van der Waals surface area (Å²) in [6, 6.07) is 12.1. The summed E-state index contributed by atoms with van der Waals surface area (Å²) in [4.78, 5) is 22.9. The lowest BCUT2D eigenvalue weighted by Gasteiger charge is -2.38. The zero-order valence-corrected chi connectivity index (χ0v) is 22.5.